The van der Waals surface area contributed by atoms with E-state index in [1.165, 1.54) is 31.4 Å². The summed E-state index contributed by atoms with van der Waals surface area (Å²) >= 11 is 0. The molecule has 0 saturated heterocycles. The maximum atomic E-state index is 12.7. The molecule has 0 atom stereocenters. The monoisotopic (exact) mass is 198 g/mol. The Balaban J connectivity index is 3.01. The molecule has 1 aromatic carbocycles. The summed E-state index contributed by atoms with van der Waals surface area (Å²) in [5.74, 6) is -0.378. The molecular formula is C10H11FO3. The number of ether oxygens (including phenoxy) is 1. The van der Waals surface area contributed by atoms with Gasteiger partial charge < -0.3 is 14.9 Å². The van der Waals surface area contributed by atoms with Crippen molar-refractivity contribution in [3.05, 3.63) is 29.6 Å². The van der Waals surface area contributed by atoms with Gasteiger partial charge in [-0.1, -0.05) is 6.07 Å². The Bertz CT molecular complexity index is 347. The number of aliphatic hydroxyl groups is 1. The molecule has 0 bridgehead atoms. The van der Waals surface area contributed by atoms with E-state index in [1.807, 2.05) is 0 Å². The van der Waals surface area contributed by atoms with Gasteiger partial charge in [0, 0.05) is 0 Å². The minimum absolute atomic E-state index is 0.00550. The normalized spacial score (nSPS) is 11.5. The van der Waals surface area contributed by atoms with E-state index in [1.54, 1.807) is 0 Å². The Kier molecular flexibility index (Phi) is 3.48. The molecule has 0 aliphatic heterocycles. The molecule has 0 fully saturated rings. The van der Waals surface area contributed by atoms with Crippen LogP contribution in [0.1, 0.15) is 5.56 Å². The van der Waals surface area contributed by atoms with Crippen LogP contribution >= 0.6 is 0 Å². The van der Waals surface area contributed by atoms with E-state index in [0.29, 0.717) is 5.56 Å². The van der Waals surface area contributed by atoms with Gasteiger partial charge >= 0.3 is 0 Å². The van der Waals surface area contributed by atoms with Gasteiger partial charge in [0.15, 0.2) is 11.5 Å². The quantitative estimate of drug-likeness (QED) is 0.777. The highest BCUT2D eigenvalue weighted by Crippen LogP contribution is 2.27. The Morgan fingerprint density at radius 1 is 1.57 bits per heavy atom. The van der Waals surface area contributed by atoms with Gasteiger partial charge in [-0.15, -0.1) is 0 Å². The summed E-state index contributed by atoms with van der Waals surface area (Å²) < 4.78 is 17.5. The smallest absolute Gasteiger partial charge is 0.161 e. The van der Waals surface area contributed by atoms with E-state index in [-0.39, 0.29) is 11.5 Å². The first-order chi connectivity index (χ1) is 6.67. The second kappa shape index (κ2) is 4.62. The number of aromatic hydroxyl groups is 1. The molecule has 0 amide bonds. The summed E-state index contributed by atoms with van der Waals surface area (Å²) in [4.78, 5) is 0. The third-order valence-corrected chi connectivity index (χ3v) is 1.68. The fourth-order valence-corrected chi connectivity index (χ4v) is 1.01. The second-order valence-electron chi connectivity index (χ2n) is 2.68. The third-order valence-electron chi connectivity index (χ3n) is 1.68. The number of halogens is 1. The highest BCUT2D eigenvalue weighted by molar-refractivity contribution is 5.56. The van der Waals surface area contributed by atoms with Crippen LogP contribution in [0.5, 0.6) is 11.5 Å². The zero-order valence-electron chi connectivity index (χ0n) is 7.70. The fraction of sp³-hybridized carbons (Fsp3) is 0.200. The average Bonchev–Trinajstić information content (AvgIpc) is 2.20. The van der Waals surface area contributed by atoms with Gasteiger partial charge in [0.1, 0.15) is 5.83 Å². The molecule has 14 heavy (non-hydrogen) atoms. The van der Waals surface area contributed by atoms with Gasteiger partial charge in [-0.2, -0.15) is 0 Å². The lowest BCUT2D eigenvalue weighted by Crippen LogP contribution is -1.86. The molecule has 0 heterocycles. The topological polar surface area (TPSA) is 49.7 Å². The number of phenols is 1. The number of methoxy groups -OCH3 is 1. The highest BCUT2D eigenvalue weighted by atomic mass is 19.1. The number of rotatable bonds is 3. The van der Waals surface area contributed by atoms with Gasteiger partial charge in [0.2, 0.25) is 0 Å². The molecule has 3 nitrogen and oxygen atoms in total. The molecule has 0 aliphatic rings. The van der Waals surface area contributed by atoms with E-state index < -0.39 is 12.4 Å². The second-order valence-corrected chi connectivity index (χ2v) is 2.68. The largest absolute Gasteiger partial charge is 0.504 e. The van der Waals surface area contributed by atoms with Crippen LogP contribution in [0.15, 0.2) is 24.0 Å². The number of benzene rings is 1. The van der Waals surface area contributed by atoms with Crippen molar-refractivity contribution < 1.29 is 19.3 Å². The van der Waals surface area contributed by atoms with Gasteiger partial charge in [0.25, 0.3) is 0 Å². The SMILES string of the molecule is COc1cc(/C=C(/F)CO)ccc1O. The summed E-state index contributed by atoms with van der Waals surface area (Å²) in [5, 5.41) is 17.7. The summed E-state index contributed by atoms with van der Waals surface area (Å²) in [5.41, 5.74) is 0.520. The van der Waals surface area contributed by atoms with Crippen molar-refractivity contribution in [3.63, 3.8) is 0 Å². The maximum Gasteiger partial charge on any atom is 0.161 e. The first-order valence-corrected chi connectivity index (χ1v) is 4.01. The zero-order valence-corrected chi connectivity index (χ0v) is 7.70. The van der Waals surface area contributed by atoms with E-state index >= 15 is 0 Å². The van der Waals surface area contributed by atoms with Crippen molar-refractivity contribution in [2.75, 3.05) is 13.7 Å². The lowest BCUT2D eigenvalue weighted by molar-refractivity contribution is 0.300. The molecule has 2 N–H and O–H groups in total. The van der Waals surface area contributed by atoms with Crippen molar-refractivity contribution in [2.24, 2.45) is 0 Å². The van der Waals surface area contributed by atoms with Crippen molar-refractivity contribution >= 4 is 6.08 Å². The zero-order chi connectivity index (χ0) is 10.6. The molecule has 0 radical (unpaired) electrons. The van der Waals surface area contributed by atoms with Crippen LogP contribution in [0.25, 0.3) is 6.08 Å². The van der Waals surface area contributed by atoms with E-state index in [2.05, 4.69) is 0 Å². The highest BCUT2D eigenvalue weighted by Gasteiger charge is 2.01. The van der Waals surface area contributed by atoms with Crippen molar-refractivity contribution in [2.45, 2.75) is 0 Å². The van der Waals surface area contributed by atoms with Crippen molar-refractivity contribution in [1.29, 1.82) is 0 Å². The van der Waals surface area contributed by atoms with Crippen LogP contribution in [0.2, 0.25) is 0 Å². The minimum atomic E-state index is -0.641. The fourth-order valence-electron chi connectivity index (χ4n) is 1.01. The number of hydrogen-bond donors (Lipinski definition) is 2. The molecule has 1 rings (SSSR count). The van der Waals surface area contributed by atoms with Crippen LogP contribution in [0.4, 0.5) is 4.39 Å². The number of aliphatic hydroxyl groups excluding tert-OH is 1. The van der Waals surface area contributed by atoms with Crippen LogP contribution in [-0.2, 0) is 0 Å². The van der Waals surface area contributed by atoms with E-state index in [9.17, 15) is 9.50 Å². The van der Waals surface area contributed by atoms with Crippen LogP contribution in [0.3, 0.4) is 0 Å². The number of hydrogen-bond acceptors (Lipinski definition) is 3. The van der Waals surface area contributed by atoms with Crippen LogP contribution < -0.4 is 4.74 Å². The van der Waals surface area contributed by atoms with Crippen LogP contribution in [-0.4, -0.2) is 23.9 Å². The molecular weight excluding hydrogens is 187 g/mol. The van der Waals surface area contributed by atoms with Gasteiger partial charge in [-0.3, -0.25) is 0 Å². The van der Waals surface area contributed by atoms with Crippen LogP contribution in [0, 0.1) is 0 Å². The molecule has 0 unspecified atom stereocenters. The summed E-state index contributed by atoms with van der Waals surface area (Å²) in [6.45, 7) is -0.636. The van der Waals surface area contributed by atoms with Gasteiger partial charge in [-0.05, 0) is 23.8 Å². The lowest BCUT2D eigenvalue weighted by Gasteiger charge is -2.03. The van der Waals surface area contributed by atoms with Gasteiger partial charge in [-0.25, -0.2) is 4.39 Å². The van der Waals surface area contributed by atoms with Crippen molar-refractivity contribution in [3.8, 4) is 11.5 Å². The standard InChI is InChI=1S/C10H11FO3/c1-14-10-5-7(2-3-9(10)13)4-8(11)6-12/h2-5,12-13H,6H2,1H3/b8-4+. The summed E-state index contributed by atoms with van der Waals surface area (Å²) in [6, 6.07) is 4.40. The first kappa shape index (κ1) is 10.5. The minimum Gasteiger partial charge on any atom is -0.504 e. The molecule has 0 saturated carbocycles. The Morgan fingerprint density at radius 3 is 2.86 bits per heavy atom. The molecule has 0 aliphatic carbocycles. The molecule has 4 heteroatoms. The molecule has 1 aromatic rings. The predicted molar refractivity (Wildman–Crippen MR) is 50.8 cm³/mol. The Morgan fingerprint density at radius 2 is 2.29 bits per heavy atom. The first-order valence-electron chi connectivity index (χ1n) is 4.01. The average molecular weight is 198 g/mol. The summed E-state index contributed by atoms with van der Waals surface area (Å²) in [7, 11) is 1.41. The molecule has 0 spiro atoms. The summed E-state index contributed by atoms with van der Waals surface area (Å²) in [6.07, 6.45) is 1.17. The van der Waals surface area contributed by atoms with E-state index in [0.717, 1.165) is 0 Å². The Hall–Kier alpha value is -1.55. The third kappa shape index (κ3) is 2.47. The molecule has 76 valence electrons. The number of phenolic OH excluding ortho intramolecular Hbond substituents is 1. The maximum absolute atomic E-state index is 12.7. The van der Waals surface area contributed by atoms with E-state index in [4.69, 9.17) is 9.84 Å². The van der Waals surface area contributed by atoms with Crippen molar-refractivity contribution in [1.82, 2.24) is 0 Å². The molecule has 0 aromatic heterocycles. The lowest BCUT2D eigenvalue weighted by atomic mass is 10.2. The van der Waals surface area contributed by atoms with Gasteiger partial charge in [0.05, 0.1) is 13.7 Å². The Labute approximate surface area is 81.1 Å². The predicted octanol–water partition coefficient (Wildman–Crippen LogP) is 1.70.